The Kier molecular flexibility index (Phi) is 10.1. The molecule has 70 heavy (non-hydrogen) atoms. The third-order valence-electron chi connectivity index (χ3n) is 14.6. The number of rotatable bonds is 9. The molecule has 1 aliphatic rings. The Hall–Kier alpha value is -9.04. The third-order valence-corrected chi connectivity index (χ3v) is 14.6. The quantitative estimate of drug-likeness (QED) is 0.131. The standard InChI is InChI=1S/C69H47N/c1-5-17-48(18-6-1)50-29-31-51(32-30-50)53-39-43-60(44-40-53)70(59-41-37-52(38-42-59)49-19-7-2-8-20-49)68-47-67-65(46-64(68)56-36-35-55-34-33-54-21-13-14-26-61(54)63(55)45-56)62-27-15-16-28-66(62)69(67,57-22-9-3-10-23-57)58-24-11-4-12-25-58/h1-47H. The molecule has 13 rings (SSSR count). The monoisotopic (exact) mass is 889 g/mol. The van der Waals surface area contributed by atoms with Gasteiger partial charge in [-0.3, -0.25) is 0 Å². The van der Waals surface area contributed by atoms with Crippen molar-refractivity contribution in [3.05, 3.63) is 307 Å². The molecule has 0 radical (unpaired) electrons. The van der Waals surface area contributed by atoms with Crippen molar-refractivity contribution in [3.63, 3.8) is 0 Å². The molecule has 0 atom stereocenters. The number of benzene rings is 12. The molecule has 1 heteroatoms. The van der Waals surface area contributed by atoms with E-state index in [-0.39, 0.29) is 0 Å². The number of hydrogen-bond acceptors (Lipinski definition) is 1. The number of hydrogen-bond donors (Lipinski definition) is 0. The maximum Gasteiger partial charge on any atom is 0.0714 e. The van der Waals surface area contributed by atoms with E-state index in [1.807, 2.05) is 0 Å². The van der Waals surface area contributed by atoms with E-state index >= 15 is 0 Å². The molecule has 0 aliphatic heterocycles. The third kappa shape index (κ3) is 6.94. The molecule has 328 valence electrons. The van der Waals surface area contributed by atoms with Crippen molar-refractivity contribution in [2.75, 3.05) is 4.90 Å². The molecule has 0 saturated carbocycles. The molecule has 0 amide bonds. The molecule has 12 aromatic rings. The van der Waals surface area contributed by atoms with Gasteiger partial charge in [0.15, 0.2) is 0 Å². The minimum absolute atomic E-state index is 0.583. The summed E-state index contributed by atoms with van der Waals surface area (Å²) in [4.78, 5) is 2.49. The highest BCUT2D eigenvalue weighted by Crippen LogP contribution is 2.59. The van der Waals surface area contributed by atoms with E-state index < -0.39 is 5.41 Å². The zero-order valence-electron chi connectivity index (χ0n) is 38.6. The molecular weight excluding hydrogens is 843 g/mol. The zero-order chi connectivity index (χ0) is 46.4. The maximum absolute atomic E-state index is 2.53. The van der Waals surface area contributed by atoms with E-state index in [1.165, 1.54) is 88.3 Å². The average Bonchev–Trinajstić information content (AvgIpc) is 3.74. The van der Waals surface area contributed by atoms with Crippen LogP contribution in [-0.4, -0.2) is 0 Å². The van der Waals surface area contributed by atoms with Gasteiger partial charge in [-0.1, -0.05) is 243 Å². The molecule has 0 heterocycles. The Morgan fingerprint density at radius 3 is 1.21 bits per heavy atom. The highest BCUT2D eigenvalue weighted by atomic mass is 15.1. The summed E-state index contributed by atoms with van der Waals surface area (Å²) in [5, 5.41) is 4.96. The van der Waals surface area contributed by atoms with Gasteiger partial charge < -0.3 is 4.90 Å². The fourth-order valence-electron chi connectivity index (χ4n) is 11.2. The lowest BCUT2D eigenvalue weighted by Crippen LogP contribution is -2.28. The van der Waals surface area contributed by atoms with Crippen LogP contribution in [0.15, 0.2) is 285 Å². The number of fused-ring (bicyclic) bond motifs is 6. The van der Waals surface area contributed by atoms with E-state index in [2.05, 4.69) is 290 Å². The summed E-state index contributed by atoms with van der Waals surface area (Å²) in [6, 6.07) is 105. The van der Waals surface area contributed by atoms with Gasteiger partial charge in [-0.15, -0.1) is 0 Å². The van der Waals surface area contributed by atoms with Crippen LogP contribution in [0.3, 0.4) is 0 Å². The van der Waals surface area contributed by atoms with Crippen molar-refractivity contribution in [1.29, 1.82) is 0 Å². The summed E-state index contributed by atoms with van der Waals surface area (Å²) in [5.41, 5.74) is 19.7. The second kappa shape index (κ2) is 17.2. The average molecular weight is 890 g/mol. The van der Waals surface area contributed by atoms with Crippen molar-refractivity contribution in [2.45, 2.75) is 5.41 Å². The Balaban J connectivity index is 1.08. The summed E-state index contributed by atoms with van der Waals surface area (Å²) in [6.07, 6.45) is 0. The van der Waals surface area contributed by atoms with Gasteiger partial charge in [0, 0.05) is 16.9 Å². The Morgan fingerprint density at radius 1 is 0.243 bits per heavy atom. The van der Waals surface area contributed by atoms with Crippen molar-refractivity contribution >= 4 is 38.6 Å². The van der Waals surface area contributed by atoms with E-state index in [0.29, 0.717) is 0 Å². The highest BCUT2D eigenvalue weighted by molar-refractivity contribution is 6.09. The fraction of sp³-hybridized carbons (Fsp3) is 0.0145. The van der Waals surface area contributed by atoms with Crippen molar-refractivity contribution in [3.8, 4) is 55.6 Å². The first-order chi connectivity index (χ1) is 34.7. The number of anilines is 3. The summed E-state index contributed by atoms with van der Waals surface area (Å²) in [5.74, 6) is 0. The molecule has 0 saturated heterocycles. The SMILES string of the molecule is c1ccc(-c2ccc(-c3ccc(N(c4ccc(-c5ccccc5)cc4)c4cc5c(cc4-c4ccc6ccc7ccccc7c6c4)-c4ccccc4C5(c4ccccc4)c4ccccc4)cc3)cc2)cc1. The minimum atomic E-state index is -0.583. The summed E-state index contributed by atoms with van der Waals surface area (Å²) < 4.78 is 0. The molecule has 12 aromatic carbocycles. The zero-order valence-corrected chi connectivity index (χ0v) is 38.6. The molecule has 0 N–H and O–H groups in total. The first-order valence-corrected chi connectivity index (χ1v) is 24.2. The largest absolute Gasteiger partial charge is 0.310 e. The highest BCUT2D eigenvalue weighted by Gasteiger charge is 2.47. The molecule has 0 aromatic heterocycles. The van der Waals surface area contributed by atoms with Gasteiger partial charge in [-0.2, -0.15) is 0 Å². The van der Waals surface area contributed by atoms with E-state index in [9.17, 15) is 0 Å². The lowest BCUT2D eigenvalue weighted by Gasteiger charge is -2.35. The van der Waals surface area contributed by atoms with Crippen LogP contribution < -0.4 is 4.90 Å². The molecule has 1 aliphatic carbocycles. The molecule has 0 bridgehead atoms. The van der Waals surface area contributed by atoms with Gasteiger partial charge in [0.1, 0.15) is 0 Å². The second-order valence-corrected chi connectivity index (χ2v) is 18.4. The van der Waals surface area contributed by atoms with Crippen LogP contribution in [0, 0.1) is 0 Å². The van der Waals surface area contributed by atoms with E-state index in [4.69, 9.17) is 0 Å². The predicted molar refractivity (Wildman–Crippen MR) is 295 cm³/mol. The van der Waals surface area contributed by atoms with Crippen LogP contribution >= 0.6 is 0 Å². The van der Waals surface area contributed by atoms with E-state index in [1.54, 1.807) is 0 Å². The van der Waals surface area contributed by atoms with Crippen LogP contribution in [0.25, 0.3) is 77.2 Å². The van der Waals surface area contributed by atoms with Crippen molar-refractivity contribution < 1.29 is 0 Å². The first-order valence-electron chi connectivity index (χ1n) is 24.2. The molecule has 0 spiro atoms. The molecular formula is C69H47N. The first kappa shape index (κ1) is 41.2. The smallest absolute Gasteiger partial charge is 0.0714 e. The molecule has 0 unspecified atom stereocenters. The van der Waals surface area contributed by atoms with Crippen LogP contribution in [0.1, 0.15) is 22.3 Å². The van der Waals surface area contributed by atoms with Crippen LogP contribution in [0.5, 0.6) is 0 Å². The lowest BCUT2D eigenvalue weighted by atomic mass is 9.67. The van der Waals surface area contributed by atoms with Crippen LogP contribution in [0.2, 0.25) is 0 Å². The lowest BCUT2D eigenvalue weighted by molar-refractivity contribution is 0.768. The van der Waals surface area contributed by atoms with Gasteiger partial charge in [0.25, 0.3) is 0 Å². The van der Waals surface area contributed by atoms with Gasteiger partial charge >= 0.3 is 0 Å². The van der Waals surface area contributed by atoms with Crippen molar-refractivity contribution in [1.82, 2.24) is 0 Å². The molecule has 1 nitrogen and oxygen atoms in total. The summed E-state index contributed by atoms with van der Waals surface area (Å²) >= 11 is 0. The second-order valence-electron chi connectivity index (χ2n) is 18.4. The normalized spacial score (nSPS) is 12.4. The summed E-state index contributed by atoms with van der Waals surface area (Å²) in [7, 11) is 0. The fourth-order valence-corrected chi connectivity index (χ4v) is 11.2. The van der Waals surface area contributed by atoms with Gasteiger partial charge in [-0.05, 0) is 136 Å². The van der Waals surface area contributed by atoms with Gasteiger partial charge in [0.05, 0.1) is 11.1 Å². The minimum Gasteiger partial charge on any atom is -0.310 e. The van der Waals surface area contributed by atoms with E-state index in [0.717, 1.165) is 28.2 Å². The summed E-state index contributed by atoms with van der Waals surface area (Å²) in [6.45, 7) is 0. The van der Waals surface area contributed by atoms with Crippen molar-refractivity contribution in [2.24, 2.45) is 0 Å². The molecule has 0 fully saturated rings. The Labute approximate surface area is 409 Å². The topological polar surface area (TPSA) is 3.24 Å². The Bertz CT molecular complexity index is 3780. The predicted octanol–water partition coefficient (Wildman–Crippen LogP) is 18.5. The number of nitrogens with zero attached hydrogens (tertiary/aromatic N) is 1. The van der Waals surface area contributed by atoms with Gasteiger partial charge in [-0.25, -0.2) is 0 Å². The Morgan fingerprint density at radius 2 is 0.657 bits per heavy atom. The van der Waals surface area contributed by atoms with Crippen LogP contribution in [-0.2, 0) is 5.41 Å². The maximum atomic E-state index is 2.53. The van der Waals surface area contributed by atoms with Crippen LogP contribution in [0.4, 0.5) is 17.1 Å². The van der Waals surface area contributed by atoms with Gasteiger partial charge in [0.2, 0.25) is 0 Å².